The normalized spacial score (nSPS) is 10.7. The van der Waals surface area contributed by atoms with Gasteiger partial charge in [0.1, 0.15) is 23.8 Å². The number of aryl methyl sites for hydroxylation is 1. The molecule has 2 aromatic heterocycles. The molecule has 0 aliphatic carbocycles. The van der Waals surface area contributed by atoms with Gasteiger partial charge >= 0.3 is 0 Å². The summed E-state index contributed by atoms with van der Waals surface area (Å²) in [5, 5.41) is 2.92. The molecule has 0 atom stereocenters. The largest absolute Gasteiger partial charge is 0.497 e. The minimum absolute atomic E-state index is 0.131. The van der Waals surface area contributed by atoms with Crippen molar-refractivity contribution in [3.05, 3.63) is 95.4 Å². The van der Waals surface area contributed by atoms with Gasteiger partial charge in [-0.1, -0.05) is 18.2 Å². The number of methoxy groups -OCH3 is 1. The van der Waals surface area contributed by atoms with Gasteiger partial charge in [-0.05, 0) is 60.5 Å². The molecule has 152 valence electrons. The van der Waals surface area contributed by atoms with Crippen molar-refractivity contribution in [3.63, 3.8) is 0 Å². The third kappa shape index (κ3) is 4.43. The van der Waals surface area contributed by atoms with Crippen LogP contribution in [0.1, 0.15) is 27.2 Å². The first-order valence-corrected chi connectivity index (χ1v) is 9.69. The molecule has 6 heteroatoms. The number of ether oxygens (including phenoxy) is 2. The van der Waals surface area contributed by atoms with E-state index in [4.69, 9.17) is 9.47 Å². The molecule has 0 aliphatic rings. The lowest BCUT2D eigenvalue weighted by atomic mass is 10.2. The summed E-state index contributed by atoms with van der Waals surface area (Å²) in [5.41, 5.74) is 4.49. The van der Waals surface area contributed by atoms with Gasteiger partial charge < -0.3 is 19.2 Å². The van der Waals surface area contributed by atoms with Crippen molar-refractivity contribution in [1.29, 1.82) is 0 Å². The molecule has 4 rings (SSSR count). The standard InChI is InChI=1S/C24H23N3O3/c1-17-4-3-13-27-15-20(26-23(17)27)16-30-22-11-7-19(8-12-22)24(28)25-14-18-5-9-21(29-2)10-6-18/h3-13,15H,14,16H2,1-2H3,(H,25,28). The van der Waals surface area contributed by atoms with E-state index in [1.54, 1.807) is 31.4 Å². The van der Waals surface area contributed by atoms with E-state index in [1.165, 1.54) is 0 Å². The Labute approximate surface area is 175 Å². The Morgan fingerprint density at radius 1 is 1.03 bits per heavy atom. The number of amides is 1. The first kappa shape index (κ1) is 19.5. The molecule has 1 N–H and O–H groups in total. The topological polar surface area (TPSA) is 64.9 Å². The number of nitrogens with one attached hydrogen (secondary N) is 1. The number of nitrogens with zero attached hydrogens (tertiary/aromatic N) is 2. The molecule has 0 spiro atoms. The summed E-state index contributed by atoms with van der Waals surface area (Å²) in [4.78, 5) is 17.0. The van der Waals surface area contributed by atoms with Gasteiger partial charge in [-0.15, -0.1) is 0 Å². The summed E-state index contributed by atoms with van der Waals surface area (Å²) < 4.78 is 13.0. The lowest BCUT2D eigenvalue weighted by Gasteiger charge is -2.08. The number of carbonyl (C=O) groups is 1. The first-order chi connectivity index (χ1) is 14.6. The van der Waals surface area contributed by atoms with Crippen molar-refractivity contribution >= 4 is 11.6 Å². The van der Waals surface area contributed by atoms with Crippen LogP contribution in [0.2, 0.25) is 0 Å². The predicted octanol–water partition coefficient (Wildman–Crippen LogP) is 4.16. The number of hydrogen-bond donors (Lipinski definition) is 1. The lowest BCUT2D eigenvalue weighted by Crippen LogP contribution is -2.22. The summed E-state index contributed by atoms with van der Waals surface area (Å²) in [5.74, 6) is 1.35. The second-order valence-corrected chi connectivity index (χ2v) is 7.00. The molecule has 0 bridgehead atoms. The van der Waals surface area contributed by atoms with E-state index >= 15 is 0 Å². The molecule has 0 aliphatic heterocycles. The Hall–Kier alpha value is -3.80. The third-order valence-corrected chi connectivity index (χ3v) is 4.84. The zero-order valence-corrected chi connectivity index (χ0v) is 17.0. The summed E-state index contributed by atoms with van der Waals surface area (Å²) in [6.07, 6.45) is 3.93. The molecule has 0 saturated heterocycles. The van der Waals surface area contributed by atoms with Gasteiger partial charge in [-0.25, -0.2) is 4.98 Å². The molecule has 0 unspecified atom stereocenters. The fraction of sp³-hybridized carbons (Fsp3) is 0.167. The highest BCUT2D eigenvalue weighted by Gasteiger charge is 2.07. The maximum atomic E-state index is 12.4. The lowest BCUT2D eigenvalue weighted by molar-refractivity contribution is 0.0951. The van der Waals surface area contributed by atoms with Crippen molar-refractivity contribution < 1.29 is 14.3 Å². The van der Waals surface area contributed by atoms with E-state index in [2.05, 4.69) is 10.3 Å². The molecule has 4 aromatic rings. The zero-order chi connectivity index (χ0) is 20.9. The van der Waals surface area contributed by atoms with Crippen LogP contribution >= 0.6 is 0 Å². The van der Waals surface area contributed by atoms with Crippen LogP contribution in [0, 0.1) is 6.92 Å². The van der Waals surface area contributed by atoms with Crippen LogP contribution in [0.5, 0.6) is 11.5 Å². The minimum Gasteiger partial charge on any atom is -0.497 e. The van der Waals surface area contributed by atoms with Crippen molar-refractivity contribution in [2.24, 2.45) is 0 Å². The molecule has 2 aromatic carbocycles. The van der Waals surface area contributed by atoms with E-state index in [9.17, 15) is 4.79 Å². The van der Waals surface area contributed by atoms with Gasteiger partial charge in [0.25, 0.3) is 5.91 Å². The van der Waals surface area contributed by atoms with E-state index in [0.717, 1.165) is 28.2 Å². The van der Waals surface area contributed by atoms with Gasteiger partial charge in [0.15, 0.2) is 0 Å². The SMILES string of the molecule is COc1ccc(CNC(=O)c2ccc(OCc3cn4cccc(C)c4n3)cc2)cc1. The van der Waals surface area contributed by atoms with Crippen LogP contribution in [0.15, 0.2) is 73.1 Å². The van der Waals surface area contributed by atoms with Crippen molar-refractivity contribution in [2.45, 2.75) is 20.1 Å². The van der Waals surface area contributed by atoms with Crippen LogP contribution in [0.4, 0.5) is 0 Å². The maximum absolute atomic E-state index is 12.4. The Balaban J connectivity index is 1.32. The summed E-state index contributed by atoms with van der Waals surface area (Å²) >= 11 is 0. The van der Waals surface area contributed by atoms with Gasteiger partial charge in [0.05, 0.1) is 12.8 Å². The van der Waals surface area contributed by atoms with Gasteiger partial charge in [-0.2, -0.15) is 0 Å². The molecule has 6 nitrogen and oxygen atoms in total. The maximum Gasteiger partial charge on any atom is 0.251 e. The molecular formula is C24H23N3O3. The molecule has 1 amide bonds. The Morgan fingerprint density at radius 3 is 2.47 bits per heavy atom. The average Bonchev–Trinajstić information content (AvgIpc) is 3.21. The number of fused-ring (bicyclic) bond motifs is 1. The number of rotatable bonds is 7. The fourth-order valence-corrected chi connectivity index (χ4v) is 3.16. The second kappa shape index (κ2) is 8.69. The predicted molar refractivity (Wildman–Crippen MR) is 115 cm³/mol. The van der Waals surface area contributed by atoms with Crippen molar-refractivity contribution in [3.8, 4) is 11.5 Å². The monoisotopic (exact) mass is 401 g/mol. The highest BCUT2D eigenvalue weighted by atomic mass is 16.5. The number of carbonyl (C=O) groups excluding carboxylic acids is 1. The summed E-state index contributed by atoms with van der Waals surface area (Å²) in [7, 11) is 1.63. The fourth-order valence-electron chi connectivity index (χ4n) is 3.16. The Kier molecular flexibility index (Phi) is 5.66. The molecule has 30 heavy (non-hydrogen) atoms. The number of benzene rings is 2. The first-order valence-electron chi connectivity index (χ1n) is 9.69. The number of hydrogen-bond acceptors (Lipinski definition) is 4. The molecular weight excluding hydrogens is 378 g/mol. The van der Waals surface area contributed by atoms with E-state index in [0.29, 0.717) is 24.5 Å². The second-order valence-electron chi connectivity index (χ2n) is 7.00. The average molecular weight is 401 g/mol. The number of pyridine rings is 1. The summed E-state index contributed by atoms with van der Waals surface area (Å²) in [6, 6.07) is 18.7. The van der Waals surface area contributed by atoms with Crippen LogP contribution < -0.4 is 14.8 Å². The minimum atomic E-state index is -0.131. The van der Waals surface area contributed by atoms with Gasteiger partial charge in [-0.3, -0.25) is 4.79 Å². The van der Waals surface area contributed by atoms with Gasteiger partial charge in [0.2, 0.25) is 0 Å². The van der Waals surface area contributed by atoms with E-state index < -0.39 is 0 Å². The highest BCUT2D eigenvalue weighted by molar-refractivity contribution is 5.94. The van der Waals surface area contributed by atoms with Gasteiger partial charge in [0, 0.05) is 24.5 Å². The van der Waals surface area contributed by atoms with Crippen molar-refractivity contribution in [1.82, 2.24) is 14.7 Å². The molecule has 0 fully saturated rings. The Morgan fingerprint density at radius 2 is 1.77 bits per heavy atom. The summed E-state index contributed by atoms with van der Waals surface area (Å²) in [6.45, 7) is 2.85. The van der Waals surface area contributed by atoms with Crippen LogP contribution in [-0.4, -0.2) is 22.4 Å². The van der Waals surface area contributed by atoms with Crippen LogP contribution in [0.25, 0.3) is 5.65 Å². The number of aromatic nitrogens is 2. The quantitative estimate of drug-likeness (QED) is 0.505. The smallest absolute Gasteiger partial charge is 0.251 e. The van der Waals surface area contributed by atoms with E-state index in [-0.39, 0.29) is 5.91 Å². The molecule has 0 saturated carbocycles. The molecule has 0 radical (unpaired) electrons. The third-order valence-electron chi connectivity index (χ3n) is 4.84. The number of imidazole rings is 1. The van der Waals surface area contributed by atoms with E-state index in [1.807, 2.05) is 60.1 Å². The highest BCUT2D eigenvalue weighted by Crippen LogP contribution is 2.16. The van der Waals surface area contributed by atoms with Crippen LogP contribution in [-0.2, 0) is 13.2 Å². The molecule has 2 heterocycles. The van der Waals surface area contributed by atoms with Crippen LogP contribution in [0.3, 0.4) is 0 Å². The zero-order valence-electron chi connectivity index (χ0n) is 17.0. The Bertz CT molecular complexity index is 1150. The van der Waals surface area contributed by atoms with Crippen molar-refractivity contribution in [2.75, 3.05) is 7.11 Å².